The van der Waals surface area contributed by atoms with E-state index in [0.717, 1.165) is 13.1 Å². The molecule has 3 rings (SSSR count). The SMILES string of the molecule is Cc1c(NC2NCCN2)ccc2cc[nH]c12. The van der Waals surface area contributed by atoms with E-state index in [1.807, 2.05) is 6.20 Å². The van der Waals surface area contributed by atoms with Crippen molar-refractivity contribution in [3.8, 4) is 0 Å². The van der Waals surface area contributed by atoms with Crippen LogP contribution in [0.1, 0.15) is 5.56 Å². The molecule has 1 saturated heterocycles. The molecule has 1 aromatic carbocycles. The molecule has 4 nitrogen and oxygen atoms in total. The lowest BCUT2D eigenvalue weighted by Crippen LogP contribution is -2.38. The Labute approximate surface area is 94.4 Å². The Hall–Kier alpha value is -1.52. The molecule has 0 atom stereocenters. The number of hydrogen-bond donors (Lipinski definition) is 4. The fourth-order valence-corrected chi connectivity index (χ4v) is 2.20. The van der Waals surface area contributed by atoms with Crippen LogP contribution in [-0.4, -0.2) is 24.4 Å². The zero-order valence-electron chi connectivity index (χ0n) is 9.30. The zero-order valence-corrected chi connectivity index (χ0v) is 9.30. The van der Waals surface area contributed by atoms with Gasteiger partial charge in [0.05, 0.1) is 5.52 Å². The lowest BCUT2D eigenvalue weighted by Gasteiger charge is -2.16. The van der Waals surface area contributed by atoms with Crippen LogP contribution in [0.5, 0.6) is 0 Å². The van der Waals surface area contributed by atoms with Crippen molar-refractivity contribution in [1.82, 2.24) is 15.6 Å². The standard InChI is InChI=1S/C12H16N4/c1-8-10(16-12-14-6-7-15-12)3-2-9-4-5-13-11(8)9/h2-5,12-16H,6-7H2,1H3. The maximum Gasteiger partial charge on any atom is 0.132 e. The van der Waals surface area contributed by atoms with Crippen LogP contribution < -0.4 is 16.0 Å². The summed E-state index contributed by atoms with van der Waals surface area (Å²) in [5, 5.41) is 11.4. The van der Waals surface area contributed by atoms with E-state index < -0.39 is 0 Å². The quantitative estimate of drug-likeness (QED) is 0.613. The van der Waals surface area contributed by atoms with E-state index in [0.29, 0.717) is 0 Å². The average molecular weight is 216 g/mol. The summed E-state index contributed by atoms with van der Waals surface area (Å²) >= 11 is 0. The first-order valence-corrected chi connectivity index (χ1v) is 5.64. The van der Waals surface area contributed by atoms with Crippen LogP contribution in [0.2, 0.25) is 0 Å². The fourth-order valence-electron chi connectivity index (χ4n) is 2.20. The Bertz CT molecular complexity index is 497. The van der Waals surface area contributed by atoms with Gasteiger partial charge in [0, 0.05) is 25.0 Å². The van der Waals surface area contributed by atoms with Crippen LogP contribution in [-0.2, 0) is 0 Å². The molecule has 2 aromatic rings. The van der Waals surface area contributed by atoms with Crippen LogP contribution in [0, 0.1) is 6.92 Å². The fraction of sp³-hybridized carbons (Fsp3) is 0.333. The van der Waals surface area contributed by atoms with Crippen molar-refractivity contribution in [3.63, 3.8) is 0 Å². The second kappa shape index (κ2) is 3.81. The predicted octanol–water partition coefficient (Wildman–Crippen LogP) is 1.36. The maximum absolute atomic E-state index is 3.45. The van der Waals surface area contributed by atoms with Gasteiger partial charge in [-0.3, -0.25) is 10.6 Å². The lowest BCUT2D eigenvalue weighted by molar-refractivity contribution is 0.620. The molecule has 0 spiro atoms. The molecular formula is C12H16N4. The van der Waals surface area contributed by atoms with Crippen molar-refractivity contribution in [1.29, 1.82) is 0 Å². The molecule has 16 heavy (non-hydrogen) atoms. The molecule has 0 bridgehead atoms. The van der Waals surface area contributed by atoms with Crippen LogP contribution >= 0.6 is 0 Å². The highest BCUT2D eigenvalue weighted by molar-refractivity contribution is 5.87. The first-order valence-electron chi connectivity index (χ1n) is 5.64. The van der Waals surface area contributed by atoms with Crippen LogP contribution in [0.25, 0.3) is 10.9 Å². The Morgan fingerprint density at radius 2 is 2.00 bits per heavy atom. The summed E-state index contributed by atoms with van der Waals surface area (Å²) in [7, 11) is 0. The number of benzene rings is 1. The molecule has 4 N–H and O–H groups in total. The Morgan fingerprint density at radius 3 is 2.81 bits per heavy atom. The summed E-state index contributed by atoms with van der Waals surface area (Å²) in [5.74, 6) is 0. The highest BCUT2D eigenvalue weighted by Crippen LogP contribution is 2.24. The van der Waals surface area contributed by atoms with Gasteiger partial charge in [-0.2, -0.15) is 0 Å². The van der Waals surface area contributed by atoms with Crippen molar-refractivity contribution in [2.75, 3.05) is 18.4 Å². The Morgan fingerprint density at radius 1 is 1.19 bits per heavy atom. The molecule has 2 heterocycles. The van der Waals surface area contributed by atoms with Crippen molar-refractivity contribution in [3.05, 3.63) is 30.0 Å². The van der Waals surface area contributed by atoms with Gasteiger partial charge in [0.1, 0.15) is 6.29 Å². The minimum absolute atomic E-state index is 0.186. The Kier molecular flexibility index (Phi) is 2.31. The van der Waals surface area contributed by atoms with E-state index in [1.54, 1.807) is 0 Å². The summed E-state index contributed by atoms with van der Waals surface area (Å²) in [4.78, 5) is 3.27. The van der Waals surface area contributed by atoms with E-state index in [9.17, 15) is 0 Å². The van der Waals surface area contributed by atoms with Gasteiger partial charge < -0.3 is 10.3 Å². The third kappa shape index (κ3) is 1.56. The van der Waals surface area contributed by atoms with Crippen molar-refractivity contribution in [2.45, 2.75) is 13.2 Å². The largest absolute Gasteiger partial charge is 0.361 e. The molecule has 1 aromatic heterocycles. The van der Waals surface area contributed by atoms with E-state index in [-0.39, 0.29) is 6.29 Å². The second-order valence-corrected chi connectivity index (χ2v) is 4.17. The number of fused-ring (bicyclic) bond motifs is 1. The zero-order chi connectivity index (χ0) is 11.0. The van der Waals surface area contributed by atoms with Crippen LogP contribution in [0.15, 0.2) is 24.4 Å². The number of H-pyrrole nitrogens is 1. The van der Waals surface area contributed by atoms with Gasteiger partial charge in [0.15, 0.2) is 0 Å². The summed E-state index contributed by atoms with van der Waals surface area (Å²) in [6.07, 6.45) is 2.17. The number of anilines is 1. The van der Waals surface area contributed by atoms with Gasteiger partial charge in [0.2, 0.25) is 0 Å². The van der Waals surface area contributed by atoms with Crippen molar-refractivity contribution in [2.24, 2.45) is 0 Å². The van der Waals surface area contributed by atoms with E-state index >= 15 is 0 Å². The van der Waals surface area contributed by atoms with Gasteiger partial charge in [-0.15, -0.1) is 0 Å². The number of aromatic amines is 1. The topological polar surface area (TPSA) is 51.9 Å². The predicted molar refractivity (Wildman–Crippen MR) is 66.5 cm³/mol. The van der Waals surface area contributed by atoms with Crippen LogP contribution in [0.4, 0.5) is 5.69 Å². The number of aromatic nitrogens is 1. The number of nitrogens with one attached hydrogen (secondary N) is 4. The summed E-state index contributed by atoms with van der Waals surface area (Å²) < 4.78 is 0. The molecule has 1 aliphatic heterocycles. The smallest absolute Gasteiger partial charge is 0.132 e. The van der Waals surface area contributed by atoms with Gasteiger partial charge in [-0.05, 0) is 30.0 Å². The minimum atomic E-state index is 0.186. The number of aryl methyl sites for hydroxylation is 1. The molecule has 0 amide bonds. The van der Waals surface area contributed by atoms with Gasteiger partial charge >= 0.3 is 0 Å². The van der Waals surface area contributed by atoms with Crippen molar-refractivity contribution < 1.29 is 0 Å². The Balaban J connectivity index is 1.93. The molecule has 0 unspecified atom stereocenters. The molecule has 84 valence electrons. The van der Waals surface area contributed by atoms with Crippen molar-refractivity contribution >= 4 is 16.6 Å². The third-order valence-electron chi connectivity index (χ3n) is 3.11. The monoisotopic (exact) mass is 216 g/mol. The lowest BCUT2D eigenvalue weighted by atomic mass is 10.1. The maximum atomic E-state index is 3.45. The van der Waals surface area contributed by atoms with E-state index in [1.165, 1.54) is 22.2 Å². The summed E-state index contributed by atoms with van der Waals surface area (Å²) in [5.41, 5.74) is 3.64. The normalized spacial score (nSPS) is 17.1. The highest BCUT2D eigenvalue weighted by Gasteiger charge is 2.13. The number of hydrogen-bond acceptors (Lipinski definition) is 3. The van der Waals surface area contributed by atoms with E-state index in [4.69, 9.17) is 0 Å². The highest BCUT2D eigenvalue weighted by atomic mass is 15.3. The molecule has 1 aliphatic rings. The first kappa shape index (κ1) is 9.69. The second-order valence-electron chi connectivity index (χ2n) is 4.17. The minimum Gasteiger partial charge on any atom is -0.361 e. The molecular weight excluding hydrogens is 200 g/mol. The summed E-state index contributed by atoms with van der Waals surface area (Å²) in [6, 6.07) is 6.36. The average Bonchev–Trinajstić information content (AvgIpc) is 2.93. The molecule has 1 fully saturated rings. The van der Waals surface area contributed by atoms with Crippen LogP contribution in [0.3, 0.4) is 0 Å². The van der Waals surface area contributed by atoms with Gasteiger partial charge in [0.25, 0.3) is 0 Å². The summed E-state index contributed by atoms with van der Waals surface area (Å²) in [6.45, 7) is 4.17. The van der Waals surface area contributed by atoms with Gasteiger partial charge in [-0.25, -0.2) is 0 Å². The molecule has 0 saturated carbocycles. The number of rotatable bonds is 2. The van der Waals surface area contributed by atoms with Gasteiger partial charge in [-0.1, -0.05) is 6.07 Å². The molecule has 0 aliphatic carbocycles. The molecule has 0 radical (unpaired) electrons. The third-order valence-corrected chi connectivity index (χ3v) is 3.11. The molecule has 4 heteroatoms. The van der Waals surface area contributed by atoms with E-state index in [2.05, 4.69) is 46.1 Å². The first-order chi connectivity index (χ1) is 7.84.